The van der Waals surface area contributed by atoms with E-state index in [2.05, 4.69) is 14.9 Å². The van der Waals surface area contributed by atoms with Crippen molar-refractivity contribution in [1.82, 2.24) is 14.9 Å². The van der Waals surface area contributed by atoms with Gasteiger partial charge in [-0.15, -0.1) is 5.10 Å². The van der Waals surface area contributed by atoms with Crippen LogP contribution in [0.2, 0.25) is 0 Å². The van der Waals surface area contributed by atoms with E-state index in [0.29, 0.717) is 30.3 Å². The van der Waals surface area contributed by atoms with E-state index in [4.69, 9.17) is 9.47 Å². The molecule has 0 unspecified atom stereocenters. The van der Waals surface area contributed by atoms with Crippen molar-refractivity contribution in [1.29, 1.82) is 0 Å². The molecule has 22 heavy (non-hydrogen) atoms. The van der Waals surface area contributed by atoms with Gasteiger partial charge >= 0.3 is 0 Å². The molecule has 0 fully saturated rings. The number of benzene rings is 1. The monoisotopic (exact) mass is 321 g/mol. The predicted octanol–water partition coefficient (Wildman–Crippen LogP) is 2.37. The molecule has 1 heterocycles. The van der Waals surface area contributed by atoms with Gasteiger partial charge in [0, 0.05) is 25.3 Å². The molecule has 7 heteroatoms. The second kappa shape index (κ2) is 8.45. The average molecular weight is 321 g/mol. The minimum atomic E-state index is -0.155. The lowest BCUT2D eigenvalue weighted by Crippen LogP contribution is -2.25. The Bertz CT molecular complexity index is 598. The number of aromatic nitrogens is 2. The Kier molecular flexibility index (Phi) is 6.29. The van der Waals surface area contributed by atoms with Crippen LogP contribution < -0.4 is 10.1 Å². The molecule has 0 atom stereocenters. The molecule has 1 amide bonds. The predicted molar refractivity (Wildman–Crippen MR) is 85.3 cm³/mol. The molecule has 0 spiro atoms. The number of nitrogens with one attached hydrogen (secondary N) is 1. The highest BCUT2D eigenvalue weighted by Gasteiger charge is 2.17. The highest BCUT2D eigenvalue weighted by atomic mass is 32.1. The molecule has 0 saturated carbocycles. The number of ether oxygens (including phenoxy) is 2. The first-order valence-electron chi connectivity index (χ1n) is 7.09. The summed E-state index contributed by atoms with van der Waals surface area (Å²) in [6, 6.07) is 7.39. The zero-order valence-electron chi connectivity index (χ0n) is 12.7. The topological polar surface area (TPSA) is 73.3 Å². The second-order valence-corrected chi connectivity index (χ2v) is 5.24. The van der Waals surface area contributed by atoms with Gasteiger partial charge in [0.1, 0.15) is 16.3 Å². The molecule has 1 N–H and O–H groups in total. The summed E-state index contributed by atoms with van der Waals surface area (Å²) in [7, 11) is 1.61. The SMILES string of the molecule is CCOCCCNC(=O)c1snnc1-c1ccc(OC)cc1. The summed E-state index contributed by atoms with van der Waals surface area (Å²) in [6.45, 7) is 3.85. The van der Waals surface area contributed by atoms with Gasteiger partial charge in [0.05, 0.1) is 7.11 Å². The Morgan fingerprint density at radius 1 is 1.32 bits per heavy atom. The molecule has 6 nitrogen and oxygen atoms in total. The minimum absolute atomic E-state index is 0.155. The third-order valence-electron chi connectivity index (χ3n) is 3.01. The smallest absolute Gasteiger partial charge is 0.265 e. The van der Waals surface area contributed by atoms with Gasteiger partial charge in [-0.25, -0.2) is 0 Å². The van der Waals surface area contributed by atoms with Crippen LogP contribution in [0, 0.1) is 0 Å². The minimum Gasteiger partial charge on any atom is -0.497 e. The molecule has 1 aromatic heterocycles. The van der Waals surface area contributed by atoms with Crippen LogP contribution >= 0.6 is 11.5 Å². The Balaban J connectivity index is 2.00. The molecule has 0 saturated heterocycles. The van der Waals surface area contributed by atoms with E-state index in [1.54, 1.807) is 7.11 Å². The van der Waals surface area contributed by atoms with E-state index in [-0.39, 0.29) is 5.91 Å². The largest absolute Gasteiger partial charge is 0.497 e. The fraction of sp³-hybridized carbons (Fsp3) is 0.400. The Morgan fingerprint density at radius 3 is 2.77 bits per heavy atom. The lowest BCUT2D eigenvalue weighted by Gasteiger charge is -2.05. The highest BCUT2D eigenvalue weighted by molar-refractivity contribution is 7.08. The normalized spacial score (nSPS) is 10.5. The van der Waals surface area contributed by atoms with Gasteiger partial charge in [-0.05, 0) is 49.1 Å². The van der Waals surface area contributed by atoms with E-state index in [1.165, 1.54) is 0 Å². The van der Waals surface area contributed by atoms with E-state index in [1.807, 2.05) is 31.2 Å². The number of rotatable bonds is 8. The number of amides is 1. The third-order valence-corrected chi connectivity index (χ3v) is 3.74. The van der Waals surface area contributed by atoms with Crippen molar-refractivity contribution in [2.45, 2.75) is 13.3 Å². The van der Waals surface area contributed by atoms with Gasteiger partial charge in [-0.3, -0.25) is 4.79 Å². The maximum Gasteiger partial charge on any atom is 0.265 e. The zero-order valence-corrected chi connectivity index (χ0v) is 13.5. The molecule has 0 radical (unpaired) electrons. The van der Waals surface area contributed by atoms with Crippen molar-refractivity contribution in [2.24, 2.45) is 0 Å². The number of methoxy groups -OCH3 is 1. The summed E-state index contributed by atoms with van der Waals surface area (Å²) in [5.41, 5.74) is 1.43. The van der Waals surface area contributed by atoms with Crippen LogP contribution in [0.3, 0.4) is 0 Å². The summed E-state index contributed by atoms with van der Waals surface area (Å²) < 4.78 is 14.3. The Labute approximate surface area is 133 Å². The number of nitrogens with zero attached hydrogens (tertiary/aromatic N) is 2. The van der Waals surface area contributed by atoms with Gasteiger partial charge in [0.2, 0.25) is 0 Å². The van der Waals surface area contributed by atoms with Crippen LogP contribution in [0.5, 0.6) is 5.75 Å². The fourth-order valence-electron chi connectivity index (χ4n) is 1.88. The first-order valence-corrected chi connectivity index (χ1v) is 7.86. The molecule has 118 valence electrons. The van der Waals surface area contributed by atoms with E-state index in [9.17, 15) is 4.79 Å². The van der Waals surface area contributed by atoms with Crippen molar-refractivity contribution in [2.75, 3.05) is 26.9 Å². The Morgan fingerprint density at radius 2 is 2.09 bits per heavy atom. The van der Waals surface area contributed by atoms with Crippen molar-refractivity contribution in [3.63, 3.8) is 0 Å². The Hall–Kier alpha value is -1.99. The molecule has 0 bridgehead atoms. The van der Waals surface area contributed by atoms with Crippen molar-refractivity contribution >= 4 is 17.4 Å². The van der Waals surface area contributed by atoms with Gasteiger partial charge in [-0.1, -0.05) is 4.49 Å². The molecule has 2 rings (SSSR count). The third kappa shape index (κ3) is 4.25. The van der Waals surface area contributed by atoms with Gasteiger partial charge in [0.15, 0.2) is 0 Å². The van der Waals surface area contributed by atoms with Crippen LogP contribution in [0.1, 0.15) is 23.0 Å². The molecule has 0 aliphatic heterocycles. The first kappa shape index (κ1) is 16.4. The van der Waals surface area contributed by atoms with Crippen LogP contribution in [0.15, 0.2) is 24.3 Å². The molecule has 1 aromatic carbocycles. The van der Waals surface area contributed by atoms with E-state index >= 15 is 0 Å². The lowest BCUT2D eigenvalue weighted by molar-refractivity contribution is 0.0948. The summed E-state index contributed by atoms with van der Waals surface area (Å²) in [6.07, 6.45) is 0.781. The van der Waals surface area contributed by atoms with Crippen molar-refractivity contribution in [3.8, 4) is 17.0 Å². The summed E-state index contributed by atoms with van der Waals surface area (Å²) in [5.74, 6) is 0.603. The molecule has 2 aromatic rings. The van der Waals surface area contributed by atoms with Crippen LogP contribution in [-0.4, -0.2) is 42.4 Å². The van der Waals surface area contributed by atoms with Gasteiger partial charge < -0.3 is 14.8 Å². The molecular weight excluding hydrogens is 302 g/mol. The highest BCUT2D eigenvalue weighted by Crippen LogP contribution is 2.25. The average Bonchev–Trinajstić information content (AvgIpc) is 3.04. The summed E-state index contributed by atoms with van der Waals surface area (Å²) in [5, 5.41) is 6.93. The fourth-order valence-corrected chi connectivity index (χ4v) is 2.48. The molecule has 0 aliphatic rings. The quantitative estimate of drug-likeness (QED) is 0.756. The number of carbonyl (C=O) groups is 1. The van der Waals surface area contributed by atoms with Crippen LogP contribution in [0.4, 0.5) is 0 Å². The second-order valence-electron chi connectivity index (χ2n) is 4.49. The number of hydrogen-bond donors (Lipinski definition) is 1. The number of carbonyl (C=O) groups excluding carboxylic acids is 1. The van der Waals surface area contributed by atoms with Crippen LogP contribution in [-0.2, 0) is 4.74 Å². The lowest BCUT2D eigenvalue weighted by atomic mass is 10.1. The van der Waals surface area contributed by atoms with Crippen LogP contribution in [0.25, 0.3) is 11.3 Å². The number of hydrogen-bond acceptors (Lipinski definition) is 6. The maximum absolute atomic E-state index is 12.2. The standard InChI is InChI=1S/C15H19N3O3S/c1-3-21-10-4-9-16-15(19)14-13(17-18-22-14)11-5-7-12(20-2)8-6-11/h5-8H,3-4,9-10H2,1-2H3,(H,16,19). The first-order chi connectivity index (χ1) is 10.8. The summed E-state index contributed by atoms with van der Waals surface area (Å²) >= 11 is 1.10. The van der Waals surface area contributed by atoms with E-state index in [0.717, 1.165) is 29.3 Å². The maximum atomic E-state index is 12.2. The van der Waals surface area contributed by atoms with Gasteiger partial charge in [-0.2, -0.15) is 0 Å². The zero-order chi connectivity index (χ0) is 15.8. The molecule has 0 aliphatic carbocycles. The van der Waals surface area contributed by atoms with Crippen molar-refractivity contribution < 1.29 is 14.3 Å². The van der Waals surface area contributed by atoms with Gasteiger partial charge in [0.25, 0.3) is 5.91 Å². The molecular formula is C15H19N3O3S. The summed E-state index contributed by atoms with van der Waals surface area (Å²) in [4.78, 5) is 12.7. The van der Waals surface area contributed by atoms with E-state index < -0.39 is 0 Å². The van der Waals surface area contributed by atoms with Crippen molar-refractivity contribution in [3.05, 3.63) is 29.1 Å².